The molecule has 144 valence electrons. The lowest BCUT2D eigenvalue weighted by Gasteiger charge is -2.34. The van der Waals surface area contributed by atoms with Crippen molar-refractivity contribution in [3.05, 3.63) is 59.9 Å². The Morgan fingerprint density at radius 3 is 2.22 bits per heavy atom. The number of anilines is 1. The van der Waals surface area contributed by atoms with Crippen molar-refractivity contribution in [1.82, 2.24) is 9.21 Å². The monoisotopic (exact) mass is 399 g/mol. The summed E-state index contributed by atoms with van der Waals surface area (Å²) in [5.41, 5.74) is -0.170. The molecule has 1 saturated heterocycles. The van der Waals surface area contributed by atoms with E-state index in [0.29, 0.717) is 6.07 Å². The van der Waals surface area contributed by atoms with Crippen LogP contribution in [0.25, 0.3) is 0 Å². The maximum atomic E-state index is 13.6. The number of carbonyl (C=O) groups excluding carboxylic acids is 1. The summed E-state index contributed by atoms with van der Waals surface area (Å²) in [6.07, 6.45) is 0. The molecule has 10 heteroatoms. The SMILES string of the molecule is O=C(Nc1ccc(F)cc1F)N1CCN(S(=O)(=O)c2cccc(F)c2)CC1. The Kier molecular flexibility index (Phi) is 5.38. The topological polar surface area (TPSA) is 69.7 Å². The lowest BCUT2D eigenvalue weighted by Crippen LogP contribution is -2.51. The summed E-state index contributed by atoms with van der Waals surface area (Å²) in [5, 5.41) is 2.33. The number of rotatable bonds is 3. The molecule has 1 aliphatic rings. The molecule has 0 aliphatic carbocycles. The van der Waals surface area contributed by atoms with E-state index in [9.17, 15) is 26.4 Å². The molecule has 2 aromatic rings. The molecule has 0 atom stereocenters. The van der Waals surface area contributed by atoms with Crippen molar-refractivity contribution in [2.75, 3.05) is 31.5 Å². The largest absolute Gasteiger partial charge is 0.322 e. The lowest BCUT2D eigenvalue weighted by atomic mass is 10.3. The van der Waals surface area contributed by atoms with Gasteiger partial charge in [-0.15, -0.1) is 0 Å². The van der Waals surface area contributed by atoms with E-state index in [2.05, 4.69) is 5.32 Å². The molecule has 2 amide bonds. The number of urea groups is 1. The van der Waals surface area contributed by atoms with Gasteiger partial charge in [0.05, 0.1) is 10.6 Å². The first-order valence-corrected chi connectivity index (χ1v) is 9.48. The fraction of sp³-hybridized carbons (Fsp3) is 0.235. The number of nitrogens with zero attached hydrogens (tertiary/aromatic N) is 2. The van der Waals surface area contributed by atoms with E-state index in [1.54, 1.807) is 0 Å². The molecule has 1 heterocycles. The van der Waals surface area contributed by atoms with E-state index in [1.807, 2.05) is 0 Å². The Morgan fingerprint density at radius 2 is 1.59 bits per heavy atom. The Hall–Kier alpha value is -2.59. The molecule has 3 rings (SSSR count). The van der Waals surface area contributed by atoms with Gasteiger partial charge in [-0.05, 0) is 30.3 Å². The van der Waals surface area contributed by atoms with Crippen LogP contribution in [0.4, 0.5) is 23.7 Å². The third kappa shape index (κ3) is 4.22. The molecular formula is C17H16F3N3O3S. The van der Waals surface area contributed by atoms with E-state index < -0.39 is 33.5 Å². The van der Waals surface area contributed by atoms with Crippen molar-refractivity contribution < 1.29 is 26.4 Å². The average Bonchev–Trinajstić information content (AvgIpc) is 2.64. The molecule has 0 radical (unpaired) electrons. The van der Waals surface area contributed by atoms with Crippen LogP contribution in [0.5, 0.6) is 0 Å². The summed E-state index contributed by atoms with van der Waals surface area (Å²) in [5.74, 6) is -2.33. The number of halogens is 3. The van der Waals surface area contributed by atoms with E-state index in [4.69, 9.17) is 0 Å². The van der Waals surface area contributed by atoms with Gasteiger partial charge in [0.1, 0.15) is 17.5 Å². The van der Waals surface area contributed by atoms with Crippen LogP contribution in [-0.2, 0) is 10.0 Å². The number of benzene rings is 2. The van der Waals surface area contributed by atoms with Crippen LogP contribution in [0.15, 0.2) is 47.4 Å². The number of piperazine rings is 1. The van der Waals surface area contributed by atoms with Crippen molar-refractivity contribution in [2.45, 2.75) is 4.90 Å². The molecule has 1 N–H and O–H groups in total. The zero-order valence-electron chi connectivity index (χ0n) is 14.0. The second-order valence-electron chi connectivity index (χ2n) is 5.90. The third-order valence-corrected chi connectivity index (χ3v) is 6.03. The quantitative estimate of drug-likeness (QED) is 0.863. The molecule has 1 aliphatic heterocycles. The standard InChI is InChI=1S/C17H16F3N3O3S/c18-12-2-1-3-14(10-12)27(25,26)23-8-6-22(7-9-23)17(24)21-16-5-4-13(19)11-15(16)20/h1-5,10-11H,6-9H2,(H,21,24). The Labute approximate surface area is 154 Å². The minimum Gasteiger partial charge on any atom is -0.322 e. The highest BCUT2D eigenvalue weighted by Crippen LogP contribution is 2.20. The van der Waals surface area contributed by atoms with Crippen LogP contribution in [-0.4, -0.2) is 49.8 Å². The van der Waals surface area contributed by atoms with Crippen molar-refractivity contribution in [2.24, 2.45) is 0 Å². The average molecular weight is 399 g/mol. The number of sulfonamides is 1. The zero-order valence-corrected chi connectivity index (χ0v) is 14.8. The summed E-state index contributed by atoms with van der Waals surface area (Å²) in [6.45, 7) is 0.169. The smallest absolute Gasteiger partial charge is 0.322 e. The van der Waals surface area contributed by atoms with Crippen molar-refractivity contribution >= 4 is 21.7 Å². The molecule has 0 aromatic heterocycles. The van der Waals surface area contributed by atoms with Crippen molar-refractivity contribution in [3.63, 3.8) is 0 Å². The molecular weight excluding hydrogens is 383 g/mol. The first-order valence-electron chi connectivity index (χ1n) is 8.04. The fourth-order valence-corrected chi connectivity index (χ4v) is 4.15. The Balaban J connectivity index is 1.63. The summed E-state index contributed by atoms with van der Waals surface area (Å²) in [4.78, 5) is 13.4. The van der Waals surface area contributed by atoms with Crippen LogP contribution in [0.3, 0.4) is 0 Å². The maximum Gasteiger partial charge on any atom is 0.322 e. The summed E-state index contributed by atoms with van der Waals surface area (Å²) in [6, 6.07) is 6.84. The number of hydrogen-bond donors (Lipinski definition) is 1. The molecule has 0 saturated carbocycles. The van der Waals surface area contributed by atoms with Crippen LogP contribution in [0, 0.1) is 17.5 Å². The maximum absolute atomic E-state index is 13.6. The number of nitrogens with one attached hydrogen (secondary N) is 1. The minimum atomic E-state index is -3.87. The van der Waals surface area contributed by atoms with E-state index in [-0.39, 0.29) is 36.8 Å². The summed E-state index contributed by atoms with van der Waals surface area (Å²) >= 11 is 0. The number of carbonyl (C=O) groups is 1. The zero-order chi connectivity index (χ0) is 19.6. The van der Waals surface area contributed by atoms with E-state index in [0.717, 1.165) is 28.6 Å². The third-order valence-electron chi connectivity index (χ3n) is 4.13. The molecule has 6 nitrogen and oxygen atoms in total. The molecule has 27 heavy (non-hydrogen) atoms. The fourth-order valence-electron chi connectivity index (χ4n) is 2.69. The van der Waals surface area contributed by atoms with Crippen molar-refractivity contribution in [3.8, 4) is 0 Å². The van der Waals surface area contributed by atoms with Gasteiger partial charge in [-0.1, -0.05) is 6.07 Å². The highest BCUT2D eigenvalue weighted by molar-refractivity contribution is 7.89. The highest BCUT2D eigenvalue weighted by Gasteiger charge is 2.30. The summed E-state index contributed by atoms with van der Waals surface area (Å²) in [7, 11) is -3.87. The van der Waals surface area contributed by atoms with Crippen LogP contribution in [0.2, 0.25) is 0 Å². The van der Waals surface area contributed by atoms with Crippen LogP contribution >= 0.6 is 0 Å². The first kappa shape index (κ1) is 19.2. The molecule has 0 unspecified atom stereocenters. The van der Waals surface area contributed by atoms with Gasteiger partial charge in [0.2, 0.25) is 10.0 Å². The van der Waals surface area contributed by atoms with Gasteiger partial charge in [-0.2, -0.15) is 4.31 Å². The van der Waals surface area contributed by atoms with Crippen LogP contribution in [0.1, 0.15) is 0 Å². The second-order valence-corrected chi connectivity index (χ2v) is 7.84. The highest BCUT2D eigenvalue weighted by atomic mass is 32.2. The van der Waals surface area contributed by atoms with Gasteiger partial charge in [-0.25, -0.2) is 26.4 Å². The predicted octanol–water partition coefficient (Wildman–Crippen LogP) is 2.64. The van der Waals surface area contributed by atoms with Crippen LogP contribution < -0.4 is 5.32 Å². The Bertz CT molecular complexity index is 961. The minimum absolute atomic E-state index is 0.0121. The van der Waals surface area contributed by atoms with E-state index in [1.165, 1.54) is 17.0 Å². The van der Waals surface area contributed by atoms with Gasteiger partial charge in [0.25, 0.3) is 0 Å². The lowest BCUT2D eigenvalue weighted by molar-refractivity contribution is 0.184. The van der Waals surface area contributed by atoms with Crippen molar-refractivity contribution in [1.29, 1.82) is 0 Å². The number of hydrogen-bond acceptors (Lipinski definition) is 3. The van der Waals surface area contributed by atoms with Gasteiger partial charge >= 0.3 is 6.03 Å². The molecule has 0 spiro atoms. The molecule has 2 aromatic carbocycles. The predicted molar refractivity (Wildman–Crippen MR) is 92.1 cm³/mol. The van der Waals surface area contributed by atoms with E-state index >= 15 is 0 Å². The Morgan fingerprint density at radius 1 is 0.926 bits per heavy atom. The molecule has 1 fully saturated rings. The first-order chi connectivity index (χ1) is 12.8. The van der Waals surface area contributed by atoms with Gasteiger partial charge in [-0.3, -0.25) is 0 Å². The van der Waals surface area contributed by atoms with Gasteiger partial charge < -0.3 is 10.2 Å². The summed E-state index contributed by atoms with van der Waals surface area (Å²) < 4.78 is 66.1. The second kappa shape index (κ2) is 7.57. The van der Waals surface area contributed by atoms with Gasteiger partial charge in [0, 0.05) is 32.2 Å². The molecule has 0 bridgehead atoms. The van der Waals surface area contributed by atoms with Gasteiger partial charge in [0.15, 0.2) is 0 Å². The number of amides is 2. The normalized spacial score (nSPS) is 15.6.